The van der Waals surface area contributed by atoms with Crippen molar-refractivity contribution < 1.29 is 4.79 Å². The van der Waals surface area contributed by atoms with Crippen LogP contribution in [0, 0.1) is 0 Å². The van der Waals surface area contributed by atoms with E-state index in [0.717, 1.165) is 31.7 Å². The number of piperazine rings is 1. The molecule has 1 fully saturated rings. The van der Waals surface area contributed by atoms with E-state index in [2.05, 4.69) is 36.1 Å². The summed E-state index contributed by atoms with van der Waals surface area (Å²) in [6.07, 6.45) is 0. The number of carbonyl (C=O) groups is 1. The lowest BCUT2D eigenvalue weighted by atomic mass is 10.1. The predicted molar refractivity (Wildman–Crippen MR) is 88.7 cm³/mol. The Labute approximate surface area is 132 Å². The van der Waals surface area contributed by atoms with E-state index in [1.165, 1.54) is 5.56 Å². The predicted octanol–water partition coefficient (Wildman–Crippen LogP) is 3.03. The molecular formula is C19H22N2O. The van der Waals surface area contributed by atoms with Gasteiger partial charge in [-0.25, -0.2) is 0 Å². The van der Waals surface area contributed by atoms with Crippen molar-refractivity contribution in [3.63, 3.8) is 0 Å². The van der Waals surface area contributed by atoms with E-state index in [1.54, 1.807) is 0 Å². The van der Waals surface area contributed by atoms with Crippen LogP contribution in [0.5, 0.6) is 0 Å². The van der Waals surface area contributed by atoms with E-state index in [9.17, 15) is 4.79 Å². The van der Waals surface area contributed by atoms with E-state index in [-0.39, 0.29) is 11.9 Å². The Bertz CT molecular complexity index is 612. The van der Waals surface area contributed by atoms with Crippen molar-refractivity contribution in [2.24, 2.45) is 0 Å². The van der Waals surface area contributed by atoms with E-state index < -0.39 is 0 Å². The van der Waals surface area contributed by atoms with Crippen molar-refractivity contribution in [3.05, 3.63) is 71.8 Å². The first-order valence-electron chi connectivity index (χ1n) is 7.86. The maximum atomic E-state index is 12.6. The van der Waals surface area contributed by atoms with Crippen molar-refractivity contribution in [2.75, 3.05) is 19.6 Å². The van der Waals surface area contributed by atoms with Crippen molar-refractivity contribution in [1.82, 2.24) is 9.80 Å². The normalized spacial score (nSPS) is 19.1. The number of benzene rings is 2. The summed E-state index contributed by atoms with van der Waals surface area (Å²) < 4.78 is 0. The van der Waals surface area contributed by atoms with Gasteiger partial charge in [0.25, 0.3) is 5.91 Å². The van der Waals surface area contributed by atoms with Gasteiger partial charge in [0.15, 0.2) is 0 Å². The van der Waals surface area contributed by atoms with Crippen LogP contribution in [-0.4, -0.2) is 41.4 Å². The molecule has 114 valence electrons. The quantitative estimate of drug-likeness (QED) is 0.868. The Morgan fingerprint density at radius 2 is 1.64 bits per heavy atom. The minimum atomic E-state index is 0.146. The number of carbonyl (C=O) groups excluding carboxylic acids is 1. The van der Waals surface area contributed by atoms with Gasteiger partial charge in [0.05, 0.1) is 0 Å². The molecule has 1 aliphatic heterocycles. The molecule has 1 amide bonds. The third-order valence-corrected chi connectivity index (χ3v) is 4.24. The van der Waals surface area contributed by atoms with E-state index in [4.69, 9.17) is 0 Å². The molecule has 1 heterocycles. The van der Waals surface area contributed by atoms with Gasteiger partial charge in [-0.3, -0.25) is 9.69 Å². The van der Waals surface area contributed by atoms with Crippen LogP contribution in [-0.2, 0) is 6.54 Å². The van der Waals surface area contributed by atoms with Gasteiger partial charge in [0.1, 0.15) is 0 Å². The first-order valence-corrected chi connectivity index (χ1v) is 7.86. The molecule has 3 rings (SSSR count). The SMILES string of the molecule is CC1CN(Cc2ccccc2)CCN1C(=O)c1ccccc1. The Morgan fingerprint density at radius 1 is 1.00 bits per heavy atom. The van der Waals surface area contributed by atoms with Crippen LogP contribution >= 0.6 is 0 Å². The summed E-state index contributed by atoms with van der Waals surface area (Å²) in [7, 11) is 0. The van der Waals surface area contributed by atoms with Crippen LogP contribution in [0.1, 0.15) is 22.8 Å². The van der Waals surface area contributed by atoms with Crippen LogP contribution in [0.3, 0.4) is 0 Å². The molecule has 0 spiro atoms. The Hall–Kier alpha value is -2.13. The summed E-state index contributed by atoms with van der Waals surface area (Å²) in [4.78, 5) is 17.0. The largest absolute Gasteiger partial charge is 0.333 e. The molecule has 3 nitrogen and oxygen atoms in total. The number of nitrogens with zero attached hydrogens (tertiary/aromatic N) is 2. The molecule has 2 aromatic rings. The highest BCUT2D eigenvalue weighted by Gasteiger charge is 2.27. The van der Waals surface area contributed by atoms with Gasteiger partial charge in [0, 0.05) is 37.8 Å². The van der Waals surface area contributed by atoms with E-state index in [0.29, 0.717) is 0 Å². The van der Waals surface area contributed by atoms with Gasteiger partial charge >= 0.3 is 0 Å². The lowest BCUT2D eigenvalue weighted by Gasteiger charge is -2.40. The number of hydrogen-bond donors (Lipinski definition) is 0. The molecule has 0 radical (unpaired) electrons. The van der Waals surface area contributed by atoms with Gasteiger partial charge in [-0.05, 0) is 24.6 Å². The van der Waals surface area contributed by atoms with Crippen molar-refractivity contribution in [2.45, 2.75) is 19.5 Å². The molecule has 1 atom stereocenters. The van der Waals surface area contributed by atoms with Crippen molar-refractivity contribution in [1.29, 1.82) is 0 Å². The second kappa shape index (κ2) is 6.75. The molecule has 1 unspecified atom stereocenters. The zero-order valence-electron chi connectivity index (χ0n) is 13.0. The van der Waals surface area contributed by atoms with Crippen molar-refractivity contribution >= 4 is 5.91 Å². The molecule has 2 aromatic carbocycles. The minimum Gasteiger partial charge on any atom is -0.333 e. The van der Waals surface area contributed by atoms with Crippen LogP contribution < -0.4 is 0 Å². The second-order valence-corrected chi connectivity index (χ2v) is 5.93. The molecule has 1 saturated heterocycles. The summed E-state index contributed by atoms with van der Waals surface area (Å²) in [5, 5.41) is 0. The fourth-order valence-electron chi connectivity index (χ4n) is 3.07. The maximum Gasteiger partial charge on any atom is 0.254 e. The third kappa shape index (κ3) is 3.37. The first-order chi connectivity index (χ1) is 10.7. The molecule has 0 aliphatic carbocycles. The molecule has 0 aromatic heterocycles. The number of amides is 1. The Kier molecular flexibility index (Phi) is 4.54. The lowest BCUT2D eigenvalue weighted by Crippen LogP contribution is -2.53. The molecule has 0 saturated carbocycles. The van der Waals surface area contributed by atoms with Gasteiger partial charge in [0.2, 0.25) is 0 Å². The highest BCUT2D eigenvalue weighted by Crippen LogP contribution is 2.16. The van der Waals surface area contributed by atoms with Gasteiger partial charge in [-0.15, -0.1) is 0 Å². The van der Waals surface area contributed by atoms with Gasteiger partial charge in [-0.1, -0.05) is 48.5 Å². The Morgan fingerprint density at radius 3 is 2.27 bits per heavy atom. The molecule has 0 N–H and O–H groups in total. The fourth-order valence-corrected chi connectivity index (χ4v) is 3.07. The van der Waals surface area contributed by atoms with E-state index in [1.807, 2.05) is 41.3 Å². The average molecular weight is 294 g/mol. The molecule has 1 aliphatic rings. The summed E-state index contributed by atoms with van der Waals surface area (Å²) >= 11 is 0. The summed E-state index contributed by atoms with van der Waals surface area (Å²) in [6, 6.07) is 20.3. The van der Waals surface area contributed by atoms with Crippen molar-refractivity contribution in [3.8, 4) is 0 Å². The van der Waals surface area contributed by atoms with Gasteiger partial charge < -0.3 is 4.90 Å². The van der Waals surface area contributed by atoms with Crippen LogP contribution in [0.25, 0.3) is 0 Å². The third-order valence-electron chi connectivity index (χ3n) is 4.24. The highest BCUT2D eigenvalue weighted by atomic mass is 16.2. The molecular weight excluding hydrogens is 272 g/mol. The van der Waals surface area contributed by atoms with Crippen LogP contribution in [0.2, 0.25) is 0 Å². The number of rotatable bonds is 3. The zero-order chi connectivity index (χ0) is 15.4. The fraction of sp³-hybridized carbons (Fsp3) is 0.316. The molecule has 3 heteroatoms. The summed E-state index contributed by atoms with van der Waals surface area (Å²) in [5.74, 6) is 0.146. The smallest absolute Gasteiger partial charge is 0.254 e. The van der Waals surface area contributed by atoms with E-state index >= 15 is 0 Å². The minimum absolute atomic E-state index is 0.146. The molecule has 22 heavy (non-hydrogen) atoms. The average Bonchev–Trinajstić information content (AvgIpc) is 2.56. The van der Waals surface area contributed by atoms with Gasteiger partial charge in [-0.2, -0.15) is 0 Å². The van der Waals surface area contributed by atoms with Crippen LogP contribution in [0.4, 0.5) is 0 Å². The topological polar surface area (TPSA) is 23.6 Å². The first kappa shape index (κ1) is 14.8. The highest BCUT2D eigenvalue weighted by molar-refractivity contribution is 5.94. The zero-order valence-corrected chi connectivity index (χ0v) is 13.0. The summed E-state index contributed by atoms with van der Waals surface area (Å²) in [6.45, 7) is 5.74. The standard InChI is InChI=1S/C19H22N2O/c1-16-14-20(15-17-8-4-2-5-9-17)12-13-21(16)19(22)18-10-6-3-7-11-18/h2-11,16H,12-15H2,1H3. The summed E-state index contributed by atoms with van der Waals surface area (Å²) in [5.41, 5.74) is 2.11. The monoisotopic (exact) mass is 294 g/mol. The maximum absolute atomic E-state index is 12.6. The molecule has 0 bridgehead atoms. The lowest BCUT2D eigenvalue weighted by molar-refractivity contribution is 0.0475. The number of hydrogen-bond acceptors (Lipinski definition) is 2. The van der Waals surface area contributed by atoms with Crippen LogP contribution in [0.15, 0.2) is 60.7 Å². The Balaban J connectivity index is 1.62. The second-order valence-electron chi connectivity index (χ2n) is 5.93.